The Hall–Kier alpha value is -6.84. The summed E-state index contributed by atoms with van der Waals surface area (Å²) in [5.41, 5.74) is 21.5. The van der Waals surface area contributed by atoms with Crippen LogP contribution >= 0.6 is 0 Å². The van der Waals surface area contributed by atoms with E-state index in [0.29, 0.717) is 0 Å². The molecule has 3 nitrogen and oxygen atoms in total. The molecule has 0 fully saturated rings. The van der Waals surface area contributed by atoms with E-state index in [1.807, 2.05) is 0 Å². The fourth-order valence-electron chi connectivity index (χ4n) is 11.2. The monoisotopic (exact) mass is 774 g/mol. The van der Waals surface area contributed by atoms with Gasteiger partial charge in [0.25, 0.3) is 0 Å². The number of fused-ring (bicyclic) bond motifs is 12. The molecule has 60 heavy (non-hydrogen) atoms. The molecule has 0 spiro atoms. The number of para-hydroxylation sites is 2. The van der Waals surface area contributed by atoms with Crippen LogP contribution < -0.4 is 9.80 Å². The van der Waals surface area contributed by atoms with Gasteiger partial charge in [-0.05, 0) is 128 Å². The second-order valence-corrected chi connectivity index (χ2v) is 18.6. The lowest BCUT2D eigenvalue weighted by Gasteiger charge is -2.43. The van der Waals surface area contributed by atoms with E-state index >= 15 is 0 Å². The first kappa shape index (κ1) is 35.1. The Morgan fingerprint density at radius 3 is 1.67 bits per heavy atom. The Labute approximate surface area is 352 Å². The molecule has 0 amide bonds. The Morgan fingerprint density at radius 1 is 0.400 bits per heavy atom. The lowest BCUT2D eigenvalue weighted by Crippen LogP contribution is -2.31. The van der Waals surface area contributed by atoms with Gasteiger partial charge < -0.3 is 14.2 Å². The van der Waals surface area contributed by atoms with Gasteiger partial charge in [-0.15, -0.1) is 0 Å². The number of hydrogen-bond acceptors (Lipinski definition) is 3. The Balaban J connectivity index is 1.09. The minimum Gasteiger partial charge on any atom is -0.456 e. The summed E-state index contributed by atoms with van der Waals surface area (Å²) in [6.45, 7) is 14.3. The number of benzene rings is 8. The van der Waals surface area contributed by atoms with Crippen LogP contribution in [0.5, 0.6) is 0 Å². The Morgan fingerprint density at radius 2 is 0.950 bits per heavy atom. The molecule has 0 radical (unpaired) electrons. The molecule has 290 valence electrons. The molecule has 0 N–H and O–H groups in total. The fourth-order valence-corrected chi connectivity index (χ4v) is 11.2. The average molecular weight is 775 g/mol. The predicted molar refractivity (Wildman–Crippen MR) is 250 cm³/mol. The van der Waals surface area contributed by atoms with Crippen LogP contribution in [-0.2, 0) is 16.2 Å². The molecule has 1 aliphatic heterocycles. The lowest BCUT2D eigenvalue weighted by atomic mass is 9.71. The molecule has 9 aromatic rings. The highest BCUT2D eigenvalue weighted by molar-refractivity contribution is 6.11. The molecular formula is C57H46N2O. The van der Waals surface area contributed by atoms with Crippen LogP contribution in [0.2, 0.25) is 0 Å². The van der Waals surface area contributed by atoms with Crippen molar-refractivity contribution in [3.63, 3.8) is 0 Å². The van der Waals surface area contributed by atoms with Gasteiger partial charge in [-0.3, -0.25) is 0 Å². The lowest BCUT2D eigenvalue weighted by molar-refractivity contribution is 0.634. The molecule has 0 saturated heterocycles. The molecule has 1 aromatic heterocycles. The van der Waals surface area contributed by atoms with Crippen LogP contribution in [0.3, 0.4) is 0 Å². The predicted octanol–water partition coefficient (Wildman–Crippen LogP) is 15.8. The van der Waals surface area contributed by atoms with Crippen molar-refractivity contribution >= 4 is 56.1 Å². The third-order valence-electron chi connectivity index (χ3n) is 14.2. The van der Waals surface area contributed by atoms with Crippen molar-refractivity contribution in [1.82, 2.24) is 0 Å². The highest BCUT2D eigenvalue weighted by atomic mass is 16.3. The fraction of sp³-hybridized carbons (Fsp3) is 0.158. The molecule has 0 bridgehead atoms. The summed E-state index contributed by atoms with van der Waals surface area (Å²) in [6.07, 6.45) is 0. The second-order valence-electron chi connectivity index (χ2n) is 18.6. The molecular weight excluding hydrogens is 729 g/mol. The molecule has 0 unspecified atom stereocenters. The maximum atomic E-state index is 6.59. The van der Waals surface area contributed by atoms with Gasteiger partial charge in [0.15, 0.2) is 0 Å². The zero-order valence-electron chi connectivity index (χ0n) is 35.0. The third-order valence-corrected chi connectivity index (χ3v) is 14.2. The molecule has 8 aromatic carbocycles. The van der Waals surface area contributed by atoms with Gasteiger partial charge >= 0.3 is 0 Å². The molecule has 0 atom stereocenters. The maximum Gasteiger partial charge on any atom is 0.135 e. The summed E-state index contributed by atoms with van der Waals surface area (Å²) in [5.74, 6) is 0. The summed E-state index contributed by atoms with van der Waals surface area (Å²) in [4.78, 5) is 4.96. The Kier molecular flexibility index (Phi) is 7.09. The van der Waals surface area contributed by atoms with Crippen molar-refractivity contribution < 1.29 is 4.42 Å². The van der Waals surface area contributed by atoms with Gasteiger partial charge in [0, 0.05) is 49.8 Å². The minimum absolute atomic E-state index is 0.114. The van der Waals surface area contributed by atoms with Crippen LogP contribution in [0, 0.1) is 0 Å². The van der Waals surface area contributed by atoms with Crippen LogP contribution in [-0.4, -0.2) is 0 Å². The second kappa shape index (κ2) is 12.1. The molecule has 0 saturated carbocycles. The topological polar surface area (TPSA) is 19.6 Å². The van der Waals surface area contributed by atoms with Crippen molar-refractivity contribution in [3.8, 4) is 22.3 Å². The van der Waals surface area contributed by atoms with Crippen LogP contribution in [0.25, 0.3) is 44.2 Å². The summed E-state index contributed by atoms with van der Waals surface area (Å²) in [7, 11) is 0. The number of hydrogen-bond donors (Lipinski definition) is 0. The highest BCUT2D eigenvalue weighted by Crippen LogP contribution is 2.58. The van der Waals surface area contributed by atoms with Crippen LogP contribution in [0.15, 0.2) is 174 Å². The van der Waals surface area contributed by atoms with E-state index in [0.717, 1.165) is 39.3 Å². The highest BCUT2D eigenvalue weighted by Gasteiger charge is 2.42. The molecule has 2 heterocycles. The van der Waals surface area contributed by atoms with Crippen molar-refractivity contribution in [3.05, 3.63) is 203 Å². The van der Waals surface area contributed by atoms with Gasteiger partial charge in [-0.25, -0.2) is 0 Å². The molecule has 12 rings (SSSR count). The maximum absolute atomic E-state index is 6.59. The number of furan rings is 1. The van der Waals surface area contributed by atoms with E-state index in [1.54, 1.807) is 0 Å². The van der Waals surface area contributed by atoms with E-state index in [1.165, 1.54) is 72.4 Å². The van der Waals surface area contributed by atoms with E-state index in [2.05, 4.69) is 221 Å². The third kappa shape index (κ3) is 4.66. The largest absolute Gasteiger partial charge is 0.456 e. The molecule has 2 aliphatic carbocycles. The standard InChI is InChI=1S/C57H46N2O/c1-55(2)44-21-13-10-18-39(44)41-27-24-36(32-46(41)55)58(35-16-8-7-9-17-35)37-26-29-49-48(34-37)57(5,6)54-50(30-31-52-53(54)43-20-12-15-23-51(43)60-52)59(49)38-25-28-42-40-19-11-14-22-45(40)56(3,4)47(42)33-38/h7-34H,1-6H3. The van der Waals surface area contributed by atoms with Crippen LogP contribution in [0.1, 0.15) is 74.9 Å². The van der Waals surface area contributed by atoms with Gasteiger partial charge in [-0.2, -0.15) is 0 Å². The van der Waals surface area contributed by atoms with Crippen molar-refractivity contribution in [1.29, 1.82) is 0 Å². The first-order chi connectivity index (χ1) is 29.0. The van der Waals surface area contributed by atoms with Gasteiger partial charge in [0.2, 0.25) is 0 Å². The Bertz CT molecular complexity index is 3250. The summed E-state index contributed by atoms with van der Waals surface area (Å²) in [6, 6.07) is 63.0. The van der Waals surface area contributed by atoms with Gasteiger partial charge in [-0.1, -0.05) is 139 Å². The average Bonchev–Trinajstić information content (AvgIpc) is 3.84. The molecule has 3 heteroatoms. The zero-order chi connectivity index (χ0) is 40.7. The van der Waals surface area contributed by atoms with Gasteiger partial charge in [0.1, 0.15) is 11.2 Å². The van der Waals surface area contributed by atoms with Crippen molar-refractivity contribution in [2.24, 2.45) is 0 Å². The minimum atomic E-state index is -0.389. The number of anilines is 6. The summed E-state index contributed by atoms with van der Waals surface area (Å²) < 4.78 is 6.59. The summed E-state index contributed by atoms with van der Waals surface area (Å²) >= 11 is 0. The number of rotatable bonds is 4. The zero-order valence-corrected chi connectivity index (χ0v) is 35.0. The van der Waals surface area contributed by atoms with E-state index < -0.39 is 0 Å². The SMILES string of the molecule is CC1(C)c2ccccc2-c2ccc(N(c3ccccc3)c3ccc4c(c3)C(C)(C)c3c(ccc5oc6ccccc6c35)N4c3ccc4c(c3)C(C)(C)c3ccccc3-4)cc21. The van der Waals surface area contributed by atoms with Crippen molar-refractivity contribution in [2.45, 2.75) is 57.8 Å². The first-order valence-corrected chi connectivity index (χ1v) is 21.3. The van der Waals surface area contributed by atoms with Gasteiger partial charge in [0.05, 0.1) is 11.4 Å². The van der Waals surface area contributed by atoms with E-state index in [-0.39, 0.29) is 16.2 Å². The van der Waals surface area contributed by atoms with E-state index in [4.69, 9.17) is 4.42 Å². The summed E-state index contributed by atoms with van der Waals surface area (Å²) in [5, 5.41) is 2.33. The quantitative estimate of drug-likeness (QED) is 0.178. The first-order valence-electron chi connectivity index (χ1n) is 21.3. The van der Waals surface area contributed by atoms with E-state index in [9.17, 15) is 0 Å². The normalized spacial score (nSPS) is 15.9. The number of nitrogens with zero attached hydrogens (tertiary/aromatic N) is 2. The van der Waals surface area contributed by atoms with Crippen LogP contribution in [0.4, 0.5) is 34.1 Å². The molecule has 3 aliphatic rings. The smallest absolute Gasteiger partial charge is 0.135 e. The van der Waals surface area contributed by atoms with Crippen molar-refractivity contribution in [2.75, 3.05) is 9.80 Å².